The molecule has 2 amide bonds. The van der Waals surface area contributed by atoms with Crippen molar-refractivity contribution >= 4 is 6.03 Å². The SMILES string of the molecule is CC(O)CC(C)CNC(=O)NC(c1cccc(F)c1)c1ccccn1. The molecule has 5 nitrogen and oxygen atoms in total. The third kappa shape index (κ3) is 6.15. The van der Waals surface area contributed by atoms with Gasteiger partial charge in [-0.05, 0) is 49.1 Å². The number of urea groups is 1. The predicted octanol–water partition coefficient (Wildman–Crippen LogP) is 3.02. The molecule has 6 heteroatoms. The van der Waals surface area contributed by atoms with Crippen molar-refractivity contribution in [2.45, 2.75) is 32.4 Å². The van der Waals surface area contributed by atoms with E-state index in [4.69, 9.17) is 0 Å². The monoisotopic (exact) mass is 345 g/mol. The Kier molecular flexibility index (Phi) is 6.89. The summed E-state index contributed by atoms with van der Waals surface area (Å²) in [5.74, 6) is -0.223. The molecular weight excluding hydrogens is 321 g/mol. The Morgan fingerprint density at radius 2 is 2.04 bits per heavy atom. The number of rotatable bonds is 7. The molecule has 3 N–H and O–H groups in total. The van der Waals surface area contributed by atoms with Gasteiger partial charge in [-0.25, -0.2) is 9.18 Å². The van der Waals surface area contributed by atoms with Crippen molar-refractivity contribution in [1.29, 1.82) is 0 Å². The van der Waals surface area contributed by atoms with Crippen molar-refractivity contribution in [3.63, 3.8) is 0 Å². The Labute approximate surface area is 147 Å². The molecular formula is C19H24FN3O2. The van der Waals surface area contributed by atoms with Crippen LogP contribution in [0.2, 0.25) is 0 Å². The van der Waals surface area contributed by atoms with Gasteiger partial charge in [-0.2, -0.15) is 0 Å². The van der Waals surface area contributed by atoms with Gasteiger partial charge < -0.3 is 15.7 Å². The number of amides is 2. The lowest BCUT2D eigenvalue weighted by atomic mass is 10.0. The molecule has 134 valence electrons. The average molecular weight is 345 g/mol. The maximum atomic E-state index is 13.6. The molecule has 0 spiro atoms. The summed E-state index contributed by atoms with van der Waals surface area (Å²) in [6.45, 7) is 4.11. The van der Waals surface area contributed by atoms with Crippen LogP contribution in [0.15, 0.2) is 48.7 Å². The number of hydrogen-bond donors (Lipinski definition) is 3. The van der Waals surface area contributed by atoms with Crippen LogP contribution in [0.4, 0.5) is 9.18 Å². The third-order valence-electron chi connectivity index (χ3n) is 3.80. The Morgan fingerprint density at radius 3 is 2.68 bits per heavy atom. The number of aromatic nitrogens is 1. The van der Waals surface area contributed by atoms with Crippen molar-refractivity contribution in [3.05, 3.63) is 65.7 Å². The lowest BCUT2D eigenvalue weighted by Gasteiger charge is -2.20. The Balaban J connectivity index is 2.08. The Morgan fingerprint density at radius 1 is 1.24 bits per heavy atom. The molecule has 0 saturated carbocycles. The Bertz CT molecular complexity index is 679. The number of benzene rings is 1. The highest BCUT2D eigenvalue weighted by Crippen LogP contribution is 2.20. The number of aliphatic hydroxyl groups is 1. The first-order chi connectivity index (χ1) is 12.0. The first-order valence-corrected chi connectivity index (χ1v) is 8.34. The van der Waals surface area contributed by atoms with E-state index in [0.29, 0.717) is 24.2 Å². The fourth-order valence-corrected chi connectivity index (χ4v) is 2.68. The molecule has 0 aliphatic carbocycles. The summed E-state index contributed by atoms with van der Waals surface area (Å²) in [7, 11) is 0. The van der Waals surface area contributed by atoms with E-state index < -0.39 is 12.1 Å². The number of carbonyl (C=O) groups excluding carboxylic acids is 1. The smallest absolute Gasteiger partial charge is 0.315 e. The molecule has 3 atom stereocenters. The summed E-state index contributed by atoms with van der Waals surface area (Å²) in [6, 6.07) is 10.6. The average Bonchev–Trinajstić information content (AvgIpc) is 2.58. The summed E-state index contributed by atoms with van der Waals surface area (Å²) < 4.78 is 13.6. The van der Waals surface area contributed by atoms with Gasteiger partial charge >= 0.3 is 6.03 Å². The van der Waals surface area contributed by atoms with Gasteiger partial charge in [0.1, 0.15) is 5.82 Å². The number of halogens is 1. The van der Waals surface area contributed by atoms with Crippen LogP contribution < -0.4 is 10.6 Å². The first kappa shape index (κ1) is 18.9. The fourth-order valence-electron chi connectivity index (χ4n) is 2.68. The van der Waals surface area contributed by atoms with Crippen molar-refractivity contribution in [2.24, 2.45) is 5.92 Å². The summed E-state index contributed by atoms with van der Waals surface area (Å²) in [5, 5.41) is 15.0. The van der Waals surface area contributed by atoms with Crippen molar-refractivity contribution in [2.75, 3.05) is 6.54 Å². The molecule has 25 heavy (non-hydrogen) atoms. The molecule has 1 aromatic heterocycles. The standard InChI is InChI=1S/C19H24FN3O2/c1-13(10-14(2)24)12-22-19(25)23-18(17-8-3-4-9-21-17)15-6-5-7-16(20)11-15/h3-9,11,13-14,18,24H,10,12H2,1-2H3,(H2,22,23,25). The normalized spacial score (nSPS) is 14.4. The highest BCUT2D eigenvalue weighted by atomic mass is 19.1. The fraction of sp³-hybridized carbons (Fsp3) is 0.368. The minimum Gasteiger partial charge on any atom is -0.393 e. The molecule has 0 saturated heterocycles. The van der Waals surface area contributed by atoms with E-state index in [1.165, 1.54) is 12.1 Å². The minimum absolute atomic E-state index is 0.147. The van der Waals surface area contributed by atoms with E-state index in [1.807, 2.05) is 13.0 Å². The summed E-state index contributed by atoms with van der Waals surface area (Å²) in [5.41, 5.74) is 1.24. The van der Waals surface area contributed by atoms with Gasteiger partial charge in [0.05, 0.1) is 17.8 Å². The zero-order chi connectivity index (χ0) is 18.2. The van der Waals surface area contributed by atoms with E-state index in [-0.39, 0.29) is 17.8 Å². The molecule has 3 unspecified atom stereocenters. The van der Waals surface area contributed by atoms with Crippen LogP contribution >= 0.6 is 0 Å². The van der Waals surface area contributed by atoms with Gasteiger partial charge in [0.15, 0.2) is 0 Å². The summed E-state index contributed by atoms with van der Waals surface area (Å²) >= 11 is 0. The topological polar surface area (TPSA) is 74.2 Å². The predicted molar refractivity (Wildman–Crippen MR) is 94.5 cm³/mol. The van der Waals surface area contributed by atoms with E-state index in [2.05, 4.69) is 15.6 Å². The van der Waals surface area contributed by atoms with Crippen molar-refractivity contribution in [1.82, 2.24) is 15.6 Å². The van der Waals surface area contributed by atoms with Gasteiger partial charge in [-0.3, -0.25) is 4.98 Å². The van der Waals surface area contributed by atoms with Crippen LogP contribution in [0.25, 0.3) is 0 Å². The van der Waals surface area contributed by atoms with E-state index in [1.54, 1.807) is 37.4 Å². The number of pyridine rings is 1. The first-order valence-electron chi connectivity index (χ1n) is 8.34. The highest BCUT2D eigenvalue weighted by Gasteiger charge is 2.19. The number of nitrogens with zero attached hydrogens (tertiary/aromatic N) is 1. The molecule has 1 heterocycles. The second-order valence-electron chi connectivity index (χ2n) is 6.29. The van der Waals surface area contributed by atoms with Gasteiger partial charge in [-0.1, -0.05) is 25.1 Å². The summed E-state index contributed by atoms with van der Waals surface area (Å²) in [6.07, 6.45) is 1.83. The van der Waals surface area contributed by atoms with E-state index in [0.717, 1.165) is 0 Å². The lowest BCUT2D eigenvalue weighted by Crippen LogP contribution is -2.40. The molecule has 0 aliphatic rings. The Hall–Kier alpha value is -2.47. The zero-order valence-corrected chi connectivity index (χ0v) is 14.4. The maximum absolute atomic E-state index is 13.6. The van der Waals surface area contributed by atoms with Crippen LogP contribution in [0.1, 0.15) is 37.6 Å². The molecule has 1 aromatic carbocycles. The van der Waals surface area contributed by atoms with Crippen molar-refractivity contribution in [3.8, 4) is 0 Å². The molecule has 0 aliphatic heterocycles. The van der Waals surface area contributed by atoms with Crippen LogP contribution in [0, 0.1) is 11.7 Å². The molecule has 2 aromatic rings. The second kappa shape index (κ2) is 9.13. The van der Waals surface area contributed by atoms with Crippen LogP contribution in [-0.2, 0) is 0 Å². The second-order valence-corrected chi connectivity index (χ2v) is 6.29. The molecule has 0 radical (unpaired) electrons. The minimum atomic E-state index is -0.552. The number of carbonyl (C=O) groups is 1. The molecule has 0 fully saturated rings. The molecule has 2 rings (SSSR count). The third-order valence-corrected chi connectivity index (χ3v) is 3.80. The van der Waals surface area contributed by atoms with Gasteiger partial charge in [0.2, 0.25) is 0 Å². The summed E-state index contributed by atoms with van der Waals surface area (Å²) in [4.78, 5) is 16.5. The number of nitrogens with one attached hydrogen (secondary N) is 2. The van der Waals surface area contributed by atoms with Gasteiger partial charge in [-0.15, -0.1) is 0 Å². The molecule has 0 bridgehead atoms. The lowest BCUT2D eigenvalue weighted by molar-refractivity contribution is 0.163. The van der Waals surface area contributed by atoms with Crippen LogP contribution in [0.5, 0.6) is 0 Å². The number of hydrogen-bond acceptors (Lipinski definition) is 3. The van der Waals surface area contributed by atoms with Crippen LogP contribution in [0.3, 0.4) is 0 Å². The van der Waals surface area contributed by atoms with Crippen LogP contribution in [-0.4, -0.2) is 28.8 Å². The van der Waals surface area contributed by atoms with Gasteiger partial charge in [0, 0.05) is 12.7 Å². The zero-order valence-electron chi connectivity index (χ0n) is 14.4. The number of aliphatic hydroxyl groups excluding tert-OH is 1. The van der Waals surface area contributed by atoms with Gasteiger partial charge in [0.25, 0.3) is 0 Å². The quantitative estimate of drug-likeness (QED) is 0.722. The van der Waals surface area contributed by atoms with E-state index in [9.17, 15) is 14.3 Å². The highest BCUT2D eigenvalue weighted by molar-refractivity contribution is 5.74. The largest absolute Gasteiger partial charge is 0.393 e. The maximum Gasteiger partial charge on any atom is 0.315 e. The van der Waals surface area contributed by atoms with E-state index >= 15 is 0 Å². The van der Waals surface area contributed by atoms with Crippen molar-refractivity contribution < 1.29 is 14.3 Å².